The maximum atomic E-state index is 9.79. The number of rotatable bonds is 4. The zero-order valence-corrected chi connectivity index (χ0v) is 9.11. The van der Waals surface area contributed by atoms with Gasteiger partial charge in [0, 0.05) is 12.1 Å². The molecular formula is C10H14ClNO3. The van der Waals surface area contributed by atoms with Crippen LogP contribution in [0.5, 0.6) is 5.75 Å². The number of benzene rings is 1. The molecule has 0 saturated heterocycles. The number of aliphatic hydroxyl groups is 2. The maximum Gasteiger partial charge on any atom is 0.126 e. The topological polar surface area (TPSA) is 75.7 Å². The Morgan fingerprint density at radius 3 is 2.67 bits per heavy atom. The Kier molecular flexibility index (Phi) is 4.35. The largest absolute Gasteiger partial charge is 0.496 e. The lowest BCUT2D eigenvalue weighted by molar-refractivity contribution is 0.0230. The smallest absolute Gasteiger partial charge is 0.126 e. The second-order valence-corrected chi connectivity index (χ2v) is 3.51. The number of hydrogen-bond donors (Lipinski definition) is 3. The highest BCUT2D eigenvalue weighted by Gasteiger charge is 2.23. The van der Waals surface area contributed by atoms with Crippen molar-refractivity contribution in [2.75, 3.05) is 13.7 Å². The molecular weight excluding hydrogens is 218 g/mol. The fourth-order valence-electron chi connectivity index (χ4n) is 1.30. The van der Waals surface area contributed by atoms with Crippen molar-refractivity contribution in [2.24, 2.45) is 5.73 Å². The second kappa shape index (κ2) is 5.32. The minimum atomic E-state index is -1.14. The van der Waals surface area contributed by atoms with Gasteiger partial charge in [-0.25, -0.2) is 0 Å². The van der Waals surface area contributed by atoms with Crippen molar-refractivity contribution in [3.05, 3.63) is 28.8 Å². The summed E-state index contributed by atoms with van der Waals surface area (Å²) in [6.45, 7) is -0.0461. The summed E-state index contributed by atoms with van der Waals surface area (Å²) in [5.41, 5.74) is 5.62. The lowest BCUT2D eigenvalue weighted by Crippen LogP contribution is -2.27. The molecule has 5 heteroatoms. The molecule has 0 radical (unpaired) electrons. The van der Waals surface area contributed by atoms with Crippen LogP contribution in [0.15, 0.2) is 18.2 Å². The third kappa shape index (κ3) is 2.60. The lowest BCUT2D eigenvalue weighted by Gasteiger charge is -2.19. The van der Waals surface area contributed by atoms with Crippen molar-refractivity contribution in [2.45, 2.75) is 12.2 Å². The Balaban J connectivity index is 3.10. The van der Waals surface area contributed by atoms with Crippen molar-refractivity contribution in [1.82, 2.24) is 0 Å². The van der Waals surface area contributed by atoms with E-state index in [0.29, 0.717) is 16.3 Å². The highest BCUT2D eigenvalue weighted by atomic mass is 35.5. The van der Waals surface area contributed by atoms with Crippen LogP contribution in [0.1, 0.15) is 11.7 Å². The van der Waals surface area contributed by atoms with E-state index in [-0.39, 0.29) is 6.54 Å². The average molecular weight is 232 g/mol. The van der Waals surface area contributed by atoms with Gasteiger partial charge in [-0.05, 0) is 12.1 Å². The highest BCUT2D eigenvalue weighted by molar-refractivity contribution is 6.31. The Bertz CT molecular complexity index is 332. The van der Waals surface area contributed by atoms with Gasteiger partial charge in [0.1, 0.15) is 11.9 Å². The van der Waals surface area contributed by atoms with Crippen LogP contribution in [0, 0.1) is 0 Å². The van der Waals surface area contributed by atoms with Gasteiger partial charge < -0.3 is 20.7 Å². The fraction of sp³-hybridized carbons (Fsp3) is 0.400. The van der Waals surface area contributed by atoms with E-state index in [4.69, 9.17) is 22.1 Å². The Morgan fingerprint density at radius 1 is 1.47 bits per heavy atom. The molecule has 1 aromatic carbocycles. The number of nitrogens with two attached hydrogens (primary N) is 1. The van der Waals surface area contributed by atoms with Crippen molar-refractivity contribution in [1.29, 1.82) is 0 Å². The Morgan fingerprint density at radius 2 is 2.13 bits per heavy atom. The number of hydrogen-bond acceptors (Lipinski definition) is 4. The summed E-state index contributed by atoms with van der Waals surface area (Å²) in [5, 5.41) is 19.6. The van der Waals surface area contributed by atoms with Gasteiger partial charge in [-0.15, -0.1) is 0 Å². The van der Waals surface area contributed by atoms with Crippen LogP contribution in [0.3, 0.4) is 0 Å². The van der Waals surface area contributed by atoms with Gasteiger partial charge in [0.15, 0.2) is 0 Å². The molecule has 84 valence electrons. The van der Waals surface area contributed by atoms with Crippen LogP contribution >= 0.6 is 11.6 Å². The monoisotopic (exact) mass is 231 g/mol. The molecule has 15 heavy (non-hydrogen) atoms. The molecule has 0 heterocycles. The SMILES string of the molecule is COc1cccc(Cl)c1C(O)C(O)CN. The molecule has 0 fully saturated rings. The van der Waals surface area contributed by atoms with E-state index in [1.165, 1.54) is 7.11 Å². The minimum absolute atomic E-state index is 0.0461. The van der Waals surface area contributed by atoms with Crippen molar-refractivity contribution in [3.63, 3.8) is 0 Å². The summed E-state index contributed by atoms with van der Waals surface area (Å²) in [5.74, 6) is 0.433. The van der Waals surface area contributed by atoms with E-state index in [2.05, 4.69) is 0 Å². The lowest BCUT2D eigenvalue weighted by atomic mass is 10.0. The molecule has 1 rings (SSSR count). The van der Waals surface area contributed by atoms with Gasteiger partial charge in [0.25, 0.3) is 0 Å². The third-order valence-electron chi connectivity index (χ3n) is 2.13. The Hall–Kier alpha value is -0.810. The van der Waals surface area contributed by atoms with E-state index in [9.17, 15) is 10.2 Å². The summed E-state index contributed by atoms with van der Waals surface area (Å²) >= 11 is 5.91. The summed E-state index contributed by atoms with van der Waals surface area (Å²) in [6.07, 6.45) is -2.20. The summed E-state index contributed by atoms with van der Waals surface area (Å²) in [6, 6.07) is 4.98. The molecule has 4 nitrogen and oxygen atoms in total. The molecule has 0 aliphatic rings. The van der Waals surface area contributed by atoms with Gasteiger partial charge in [-0.3, -0.25) is 0 Å². The first kappa shape index (κ1) is 12.3. The van der Waals surface area contributed by atoms with Gasteiger partial charge >= 0.3 is 0 Å². The molecule has 0 amide bonds. The van der Waals surface area contributed by atoms with Gasteiger partial charge in [-0.1, -0.05) is 17.7 Å². The van der Waals surface area contributed by atoms with E-state index in [0.717, 1.165) is 0 Å². The first-order valence-corrected chi connectivity index (χ1v) is 4.88. The average Bonchev–Trinajstić information content (AvgIpc) is 2.26. The van der Waals surface area contributed by atoms with E-state index in [1.807, 2.05) is 0 Å². The zero-order chi connectivity index (χ0) is 11.4. The summed E-state index contributed by atoms with van der Waals surface area (Å²) < 4.78 is 5.05. The molecule has 0 aliphatic carbocycles. The molecule has 2 unspecified atom stereocenters. The molecule has 0 spiro atoms. The molecule has 0 saturated carbocycles. The standard InChI is InChI=1S/C10H14ClNO3/c1-15-8-4-2-3-6(11)9(8)10(14)7(13)5-12/h2-4,7,10,13-14H,5,12H2,1H3. The van der Waals surface area contributed by atoms with Crippen LogP contribution in [-0.4, -0.2) is 30.0 Å². The molecule has 0 aliphatic heterocycles. The predicted molar refractivity (Wildman–Crippen MR) is 58.0 cm³/mol. The highest BCUT2D eigenvalue weighted by Crippen LogP contribution is 2.33. The van der Waals surface area contributed by atoms with E-state index < -0.39 is 12.2 Å². The van der Waals surface area contributed by atoms with Crippen LogP contribution in [0.25, 0.3) is 0 Å². The molecule has 1 aromatic rings. The van der Waals surface area contributed by atoms with E-state index in [1.54, 1.807) is 18.2 Å². The number of ether oxygens (including phenoxy) is 1. The van der Waals surface area contributed by atoms with Crippen LogP contribution in [-0.2, 0) is 0 Å². The molecule has 0 bridgehead atoms. The fourth-order valence-corrected chi connectivity index (χ4v) is 1.58. The Labute approximate surface area is 93.2 Å². The first-order valence-electron chi connectivity index (χ1n) is 4.50. The second-order valence-electron chi connectivity index (χ2n) is 3.10. The third-order valence-corrected chi connectivity index (χ3v) is 2.46. The van der Waals surface area contributed by atoms with Crippen molar-refractivity contribution >= 4 is 11.6 Å². The maximum absolute atomic E-state index is 9.79. The van der Waals surface area contributed by atoms with Crippen LogP contribution < -0.4 is 10.5 Å². The van der Waals surface area contributed by atoms with Gasteiger partial charge in [0.2, 0.25) is 0 Å². The van der Waals surface area contributed by atoms with Gasteiger partial charge in [0.05, 0.1) is 18.2 Å². The molecule has 2 atom stereocenters. The minimum Gasteiger partial charge on any atom is -0.496 e. The zero-order valence-electron chi connectivity index (χ0n) is 8.35. The normalized spacial score (nSPS) is 14.7. The van der Waals surface area contributed by atoms with Crippen molar-refractivity contribution in [3.8, 4) is 5.75 Å². The molecule has 4 N–H and O–H groups in total. The first-order chi connectivity index (χ1) is 7.11. The van der Waals surface area contributed by atoms with E-state index >= 15 is 0 Å². The van der Waals surface area contributed by atoms with Crippen molar-refractivity contribution < 1.29 is 14.9 Å². The number of methoxy groups -OCH3 is 1. The summed E-state index contributed by atoms with van der Waals surface area (Å²) in [7, 11) is 1.47. The number of halogens is 1. The van der Waals surface area contributed by atoms with Crippen LogP contribution in [0.4, 0.5) is 0 Å². The van der Waals surface area contributed by atoms with Crippen LogP contribution in [0.2, 0.25) is 5.02 Å². The summed E-state index contributed by atoms with van der Waals surface area (Å²) in [4.78, 5) is 0. The number of aliphatic hydroxyl groups excluding tert-OH is 2. The quantitative estimate of drug-likeness (QED) is 0.713. The molecule has 0 aromatic heterocycles. The van der Waals surface area contributed by atoms with Gasteiger partial charge in [-0.2, -0.15) is 0 Å². The predicted octanol–water partition coefficient (Wildman–Crippen LogP) is 0.702.